The average molecular weight is 403 g/mol. The van der Waals surface area contributed by atoms with Gasteiger partial charge in [-0.2, -0.15) is 20.1 Å². The van der Waals surface area contributed by atoms with Crippen LogP contribution in [0, 0.1) is 0 Å². The van der Waals surface area contributed by atoms with E-state index in [1.54, 1.807) is 7.05 Å². The Balaban J connectivity index is 1.92. The smallest absolute Gasteiger partial charge is 0.341 e. The van der Waals surface area contributed by atoms with E-state index in [1.165, 1.54) is 16.2 Å². The summed E-state index contributed by atoms with van der Waals surface area (Å²) in [6.07, 6.45) is 0. The van der Waals surface area contributed by atoms with Crippen molar-refractivity contribution in [2.24, 2.45) is 0 Å². The van der Waals surface area contributed by atoms with Gasteiger partial charge in [0.15, 0.2) is 6.61 Å². The van der Waals surface area contributed by atoms with Gasteiger partial charge < -0.3 is 9.64 Å². The number of carbonyl (C=O) groups excluding carboxylic acids is 2. The number of thiophene rings is 1. The summed E-state index contributed by atoms with van der Waals surface area (Å²) in [5.41, 5.74) is 0.902. The van der Waals surface area contributed by atoms with Gasteiger partial charge in [-0.05, 0) is 46.7 Å². The van der Waals surface area contributed by atoms with E-state index in [2.05, 4.69) is 0 Å². The fourth-order valence-electron chi connectivity index (χ4n) is 1.95. The van der Waals surface area contributed by atoms with Crippen molar-refractivity contribution in [2.45, 2.75) is 17.2 Å². The van der Waals surface area contributed by atoms with Gasteiger partial charge in [-0.25, -0.2) is 13.2 Å². The van der Waals surface area contributed by atoms with E-state index < -0.39 is 39.0 Å². The van der Waals surface area contributed by atoms with Gasteiger partial charge >= 0.3 is 11.7 Å². The van der Waals surface area contributed by atoms with Crippen LogP contribution in [0.3, 0.4) is 0 Å². The molecule has 10 heteroatoms. The number of likely N-dealkylation sites (N-methyl/N-ethyl adjacent to an activating group) is 1. The zero-order chi connectivity index (χ0) is 19.3. The number of ether oxygens (including phenoxy) is 1. The van der Waals surface area contributed by atoms with Crippen LogP contribution in [0.4, 0.5) is 8.78 Å². The molecule has 0 aliphatic carbocycles. The van der Waals surface area contributed by atoms with E-state index in [0.717, 1.165) is 29.8 Å². The van der Waals surface area contributed by atoms with Crippen LogP contribution in [0.1, 0.15) is 15.9 Å². The summed E-state index contributed by atoms with van der Waals surface area (Å²) in [6.45, 7) is -0.114. The lowest BCUT2D eigenvalue weighted by molar-refractivity contribution is -0.133. The topological polar surface area (TPSA) is 80.8 Å². The zero-order valence-electron chi connectivity index (χ0n) is 13.6. The van der Waals surface area contributed by atoms with E-state index in [0.29, 0.717) is 6.54 Å². The van der Waals surface area contributed by atoms with Crippen LogP contribution < -0.4 is 0 Å². The van der Waals surface area contributed by atoms with Crippen LogP contribution in [0.2, 0.25) is 0 Å². The number of benzene rings is 1. The number of halogens is 2. The van der Waals surface area contributed by atoms with Crippen LogP contribution in [-0.4, -0.2) is 44.6 Å². The molecule has 2 rings (SSSR count). The SMILES string of the molecule is CN(Cc1ccsc1)C(=O)COC(=O)c1ccc(S(=O)(=O)C(F)F)cc1. The normalized spacial score (nSPS) is 11.4. The Bertz CT molecular complexity index is 865. The second kappa shape index (κ2) is 8.37. The molecular formula is C16H15F2NO5S2. The van der Waals surface area contributed by atoms with Gasteiger partial charge in [-0.1, -0.05) is 0 Å². The number of nitrogens with zero attached hydrogens (tertiary/aromatic N) is 1. The van der Waals surface area contributed by atoms with Gasteiger partial charge in [-0.3, -0.25) is 4.79 Å². The van der Waals surface area contributed by atoms with Gasteiger partial charge in [0.25, 0.3) is 5.91 Å². The maximum Gasteiger partial charge on any atom is 0.341 e. The quantitative estimate of drug-likeness (QED) is 0.664. The highest BCUT2D eigenvalue weighted by molar-refractivity contribution is 7.91. The second-order valence-electron chi connectivity index (χ2n) is 5.29. The number of sulfone groups is 1. The molecule has 0 saturated heterocycles. The number of carbonyl (C=O) groups is 2. The molecule has 26 heavy (non-hydrogen) atoms. The molecule has 1 aromatic heterocycles. The van der Waals surface area contributed by atoms with Gasteiger partial charge in [-0.15, -0.1) is 0 Å². The molecule has 0 spiro atoms. The number of rotatable bonds is 7. The lowest BCUT2D eigenvalue weighted by Gasteiger charge is -2.16. The summed E-state index contributed by atoms with van der Waals surface area (Å²) < 4.78 is 52.4. The monoisotopic (exact) mass is 403 g/mol. The van der Waals surface area contributed by atoms with Gasteiger partial charge in [0.05, 0.1) is 10.5 Å². The highest BCUT2D eigenvalue weighted by atomic mass is 32.2. The molecule has 1 amide bonds. The third-order valence-corrected chi connectivity index (χ3v) is 5.54. The Kier molecular flexibility index (Phi) is 6.43. The van der Waals surface area contributed by atoms with E-state index >= 15 is 0 Å². The molecule has 2 aromatic rings. The number of hydrogen-bond donors (Lipinski definition) is 0. The molecule has 6 nitrogen and oxygen atoms in total. The molecule has 140 valence electrons. The number of hydrogen-bond acceptors (Lipinski definition) is 6. The van der Waals surface area contributed by atoms with Crippen molar-refractivity contribution in [3.8, 4) is 0 Å². The standard InChI is InChI=1S/C16H15F2NO5S2/c1-19(8-11-6-7-25-10-11)14(20)9-24-15(21)12-2-4-13(5-3-12)26(22,23)16(17)18/h2-7,10,16H,8-9H2,1H3. The predicted octanol–water partition coefficient (Wildman–Crippen LogP) is 2.56. The van der Waals surface area contributed by atoms with E-state index in [1.807, 2.05) is 16.8 Å². The molecule has 0 radical (unpaired) electrons. The Labute approximate surface area is 152 Å². The van der Waals surface area contributed by atoms with Gasteiger partial charge in [0.2, 0.25) is 9.84 Å². The van der Waals surface area contributed by atoms with Gasteiger partial charge in [0, 0.05) is 13.6 Å². The first kappa shape index (κ1) is 20.0. The van der Waals surface area contributed by atoms with E-state index in [9.17, 15) is 26.8 Å². The maximum atomic E-state index is 12.5. The van der Waals surface area contributed by atoms with Crippen molar-refractivity contribution >= 4 is 33.1 Å². The Morgan fingerprint density at radius 1 is 1.19 bits per heavy atom. The zero-order valence-corrected chi connectivity index (χ0v) is 15.2. The fourth-order valence-corrected chi connectivity index (χ4v) is 3.33. The van der Waals surface area contributed by atoms with Crippen molar-refractivity contribution in [3.05, 3.63) is 52.2 Å². The summed E-state index contributed by atoms with van der Waals surface area (Å²) in [6, 6.07) is 5.76. The van der Waals surface area contributed by atoms with Crippen molar-refractivity contribution in [1.82, 2.24) is 4.90 Å². The molecular weight excluding hydrogens is 388 g/mol. The third-order valence-electron chi connectivity index (χ3n) is 3.41. The lowest BCUT2D eigenvalue weighted by Crippen LogP contribution is -2.30. The van der Waals surface area contributed by atoms with Crippen LogP contribution in [0.5, 0.6) is 0 Å². The average Bonchev–Trinajstić information content (AvgIpc) is 3.12. The van der Waals surface area contributed by atoms with Gasteiger partial charge in [0.1, 0.15) is 0 Å². The first-order valence-corrected chi connectivity index (χ1v) is 9.75. The molecule has 0 bridgehead atoms. The largest absolute Gasteiger partial charge is 0.452 e. The van der Waals surface area contributed by atoms with Crippen LogP contribution in [0.15, 0.2) is 46.0 Å². The van der Waals surface area contributed by atoms with Crippen molar-refractivity contribution in [2.75, 3.05) is 13.7 Å². The summed E-state index contributed by atoms with van der Waals surface area (Å²) in [7, 11) is -3.16. The third kappa shape index (κ3) is 4.85. The van der Waals surface area contributed by atoms with Crippen molar-refractivity contribution in [3.63, 3.8) is 0 Å². The first-order chi connectivity index (χ1) is 12.2. The van der Waals surface area contributed by atoms with E-state index in [-0.39, 0.29) is 5.56 Å². The van der Waals surface area contributed by atoms with Crippen molar-refractivity contribution in [1.29, 1.82) is 0 Å². The van der Waals surface area contributed by atoms with Crippen LogP contribution >= 0.6 is 11.3 Å². The molecule has 1 aromatic carbocycles. The highest BCUT2D eigenvalue weighted by Gasteiger charge is 2.26. The first-order valence-electron chi connectivity index (χ1n) is 7.26. The minimum Gasteiger partial charge on any atom is -0.452 e. The molecule has 0 aliphatic heterocycles. The molecule has 0 atom stereocenters. The molecule has 0 N–H and O–H groups in total. The molecule has 0 unspecified atom stereocenters. The summed E-state index contributed by atoms with van der Waals surface area (Å²) in [5.74, 6) is -4.82. The minimum atomic E-state index is -4.73. The molecule has 0 saturated carbocycles. The summed E-state index contributed by atoms with van der Waals surface area (Å²) >= 11 is 1.50. The Morgan fingerprint density at radius 2 is 1.85 bits per heavy atom. The minimum absolute atomic E-state index is 0.0495. The predicted molar refractivity (Wildman–Crippen MR) is 90.7 cm³/mol. The van der Waals surface area contributed by atoms with Crippen molar-refractivity contribution < 1.29 is 31.5 Å². The Hall–Kier alpha value is -2.33. The fraction of sp³-hybridized carbons (Fsp3) is 0.250. The molecule has 0 fully saturated rings. The molecule has 0 aliphatic rings. The summed E-state index contributed by atoms with van der Waals surface area (Å²) in [5, 5.41) is 3.77. The second-order valence-corrected chi connectivity index (χ2v) is 7.99. The van der Waals surface area contributed by atoms with Crippen LogP contribution in [-0.2, 0) is 25.9 Å². The van der Waals surface area contributed by atoms with Crippen LogP contribution in [0.25, 0.3) is 0 Å². The van der Waals surface area contributed by atoms with E-state index in [4.69, 9.17) is 4.74 Å². The Morgan fingerprint density at radius 3 is 2.38 bits per heavy atom. The number of alkyl halides is 2. The lowest BCUT2D eigenvalue weighted by atomic mass is 10.2. The number of amides is 1. The maximum absolute atomic E-state index is 12.5. The molecule has 1 heterocycles. The summed E-state index contributed by atoms with van der Waals surface area (Å²) in [4.78, 5) is 24.6. The highest BCUT2D eigenvalue weighted by Crippen LogP contribution is 2.19. The number of esters is 1.